The maximum Gasteiger partial charge on any atom is 0.153 e. The van der Waals surface area contributed by atoms with Crippen molar-refractivity contribution in [2.24, 2.45) is 5.18 Å². The van der Waals surface area contributed by atoms with Crippen molar-refractivity contribution in [1.82, 2.24) is 0 Å². The number of nitrogen functional groups attached to an aromatic ring is 1. The van der Waals surface area contributed by atoms with E-state index in [2.05, 4.69) is 46.2 Å². The average Bonchev–Trinajstić information content (AvgIpc) is 2.98. The molecular formula is C32H30BrClN2O5. The Hall–Kier alpha value is -3.88. The standard InChI is InChI=1S/C32H30BrClN2O5/c1-21-24(7-5-9-27(21)23-6-4-8-26(15-23)39-13-3-2-12-33)20-41-32-17-31(25(18-37)16-28(32)34)40-19-22-10-11-30(36-38)29(35)14-22/h4-11,14-18H,2-3,12-13,19-20,35H2,1H3. The molecular weight excluding hydrogens is 608 g/mol. The van der Waals surface area contributed by atoms with Crippen LogP contribution in [0.4, 0.5) is 11.4 Å². The zero-order valence-electron chi connectivity index (χ0n) is 22.6. The SMILES string of the molecule is Cc1c(COc2cc(OCc3ccc(N=O)c(N)c3)c(C=O)cc2Cl)cccc1-c1cccc(OCCCCBr)c1. The van der Waals surface area contributed by atoms with Crippen LogP contribution in [0.15, 0.2) is 78.0 Å². The van der Waals surface area contributed by atoms with E-state index in [1.807, 2.05) is 24.3 Å². The Morgan fingerprint density at radius 3 is 2.49 bits per heavy atom. The first-order chi connectivity index (χ1) is 19.9. The number of hydrogen-bond donors (Lipinski definition) is 1. The summed E-state index contributed by atoms with van der Waals surface area (Å²) in [5, 5.41) is 4.14. The molecule has 9 heteroatoms. The molecule has 0 saturated heterocycles. The van der Waals surface area contributed by atoms with Crippen molar-refractivity contribution in [2.75, 3.05) is 17.7 Å². The molecule has 0 unspecified atom stereocenters. The van der Waals surface area contributed by atoms with Gasteiger partial charge < -0.3 is 19.9 Å². The monoisotopic (exact) mass is 636 g/mol. The van der Waals surface area contributed by atoms with Gasteiger partial charge in [-0.15, -0.1) is 4.91 Å². The smallest absolute Gasteiger partial charge is 0.153 e. The van der Waals surface area contributed by atoms with Gasteiger partial charge in [-0.25, -0.2) is 0 Å². The largest absolute Gasteiger partial charge is 0.494 e. The molecule has 0 spiro atoms. The molecule has 0 aliphatic heterocycles. The number of alkyl halides is 1. The van der Waals surface area contributed by atoms with Gasteiger partial charge in [0.15, 0.2) is 6.29 Å². The number of unbranched alkanes of at least 4 members (excludes halogenated alkanes) is 1. The van der Waals surface area contributed by atoms with E-state index in [0.717, 1.165) is 46.2 Å². The zero-order valence-corrected chi connectivity index (χ0v) is 24.9. The van der Waals surface area contributed by atoms with Crippen molar-refractivity contribution in [2.45, 2.75) is 33.0 Å². The summed E-state index contributed by atoms with van der Waals surface area (Å²) < 4.78 is 17.9. The molecule has 4 rings (SSSR count). The summed E-state index contributed by atoms with van der Waals surface area (Å²) in [5.74, 6) is 1.54. The molecule has 41 heavy (non-hydrogen) atoms. The molecule has 212 valence electrons. The number of ether oxygens (including phenoxy) is 3. The predicted octanol–water partition coefficient (Wildman–Crippen LogP) is 8.82. The number of halogens is 2. The Balaban J connectivity index is 1.48. The fourth-order valence-electron chi connectivity index (χ4n) is 4.26. The highest BCUT2D eigenvalue weighted by molar-refractivity contribution is 9.09. The van der Waals surface area contributed by atoms with Gasteiger partial charge in [0.1, 0.15) is 36.1 Å². The number of carbonyl (C=O) groups excluding carboxylic acids is 1. The van der Waals surface area contributed by atoms with Crippen LogP contribution in [0, 0.1) is 11.8 Å². The molecule has 0 fully saturated rings. The second-order valence-electron chi connectivity index (χ2n) is 9.36. The van der Waals surface area contributed by atoms with E-state index >= 15 is 0 Å². The molecule has 0 heterocycles. The van der Waals surface area contributed by atoms with E-state index in [9.17, 15) is 9.70 Å². The van der Waals surface area contributed by atoms with Crippen molar-refractivity contribution >= 4 is 45.2 Å². The lowest BCUT2D eigenvalue weighted by molar-refractivity contribution is 0.111. The van der Waals surface area contributed by atoms with E-state index < -0.39 is 0 Å². The van der Waals surface area contributed by atoms with E-state index in [-0.39, 0.29) is 30.2 Å². The Morgan fingerprint density at radius 2 is 1.73 bits per heavy atom. The lowest BCUT2D eigenvalue weighted by Gasteiger charge is -2.16. The van der Waals surface area contributed by atoms with Crippen LogP contribution >= 0.6 is 27.5 Å². The van der Waals surface area contributed by atoms with Crippen molar-refractivity contribution < 1.29 is 19.0 Å². The van der Waals surface area contributed by atoms with Crippen LogP contribution in [0.2, 0.25) is 5.02 Å². The number of benzene rings is 4. The Labute approximate surface area is 252 Å². The maximum atomic E-state index is 11.7. The van der Waals surface area contributed by atoms with Gasteiger partial charge in [-0.05, 0) is 83.1 Å². The number of nitrogens with two attached hydrogens (primary N) is 1. The quantitative estimate of drug-likeness (QED) is 0.0488. The van der Waals surface area contributed by atoms with E-state index in [0.29, 0.717) is 35.0 Å². The van der Waals surface area contributed by atoms with Gasteiger partial charge in [0.25, 0.3) is 0 Å². The second kappa shape index (κ2) is 14.7. The summed E-state index contributed by atoms with van der Waals surface area (Å²) >= 11 is 9.90. The number of carbonyl (C=O) groups is 1. The average molecular weight is 638 g/mol. The summed E-state index contributed by atoms with van der Waals surface area (Å²) in [6.07, 6.45) is 2.73. The molecule has 0 bridgehead atoms. The molecule has 0 aliphatic carbocycles. The summed E-state index contributed by atoms with van der Waals surface area (Å²) in [4.78, 5) is 22.5. The highest BCUT2D eigenvalue weighted by atomic mass is 79.9. The third kappa shape index (κ3) is 7.86. The lowest BCUT2D eigenvalue weighted by Crippen LogP contribution is -2.03. The number of aldehydes is 1. The molecule has 7 nitrogen and oxygen atoms in total. The normalized spacial score (nSPS) is 10.7. The van der Waals surface area contributed by atoms with Crippen LogP contribution < -0.4 is 19.9 Å². The van der Waals surface area contributed by atoms with Crippen LogP contribution in [0.1, 0.15) is 39.9 Å². The first-order valence-corrected chi connectivity index (χ1v) is 14.6. The van der Waals surface area contributed by atoms with E-state index in [4.69, 9.17) is 31.5 Å². The Bertz CT molecular complexity index is 1530. The molecule has 2 N–H and O–H groups in total. The summed E-state index contributed by atoms with van der Waals surface area (Å²) in [6, 6.07) is 22.1. The summed E-state index contributed by atoms with van der Waals surface area (Å²) in [5.41, 5.74) is 11.5. The second-order valence-corrected chi connectivity index (χ2v) is 10.6. The van der Waals surface area contributed by atoms with Gasteiger partial charge in [-0.3, -0.25) is 4.79 Å². The van der Waals surface area contributed by atoms with Crippen LogP contribution in [0.25, 0.3) is 11.1 Å². The third-order valence-corrected chi connectivity index (χ3v) is 7.40. The minimum absolute atomic E-state index is 0.117. The van der Waals surface area contributed by atoms with Crippen LogP contribution in [-0.2, 0) is 13.2 Å². The van der Waals surface area contributed by atoms with Gasteiger partial charge in [0, 0.05) is 11.4 Å². The first-order valence-electron chi connectivity index (χ1n) is 13.1. The minimum Gasteiger partial charge on any atom is -0.494 e. The van der Waals surface area contributed by atoms with Gasteiger partial charge >= 0.3 is 0 Å². The minimum atomic E-state index is 0.117. The highest BCUT2D eigenvalue weighted by Crippen LogP contribution is 2.35. The zero-order chi connectivity index (χ0) is 29.2. The number of anilines is 1. The summed E-state index contributed by atoms with van der Waals surface area (Å²) in [7, 11) is 0. The molecule has 0 aromatic heterocycles. The van der Waals surface area contributed by atoms with Crippen LogP contribution in [0.3, 0.4) is 0 Å². The number of nitroso groups, excluding NO2 is 1. The van der Waals surface area contributed by atoms with E-state index in [1.54, 1.807) is 18.2 Å². The van der Waals surface area contributed by atoms with Crippen molar-refractivity contribution in [3.8, 4) is 28.4 Å². The van der Waals surface area contributed by atoms with Gasteiger partial charge in [-0.2, -0.15) is 0 Å². The lowest BCUT2D eigenvalue weighted by atomic mass is 9.96. The van der Waals surface area contributed by atoms with E-state index in [1.165, 1.54) is 12.1 Å². The van der Waals surface area contributed by atoms with Crippen LogP contribution in [-0.4, -0.2) is 18.2 Å². The number of hydrogen-bond acceptors (Lipinski definition) is 7. The number of rotatable bonds is 14. The summed E-state index contributed by atoms with van der Waals surface area (Å²) in [6.45, 7) is 3.11. The van der Waals surface area contributed by atoms with Crippen molar-refractivity contribution in [3.05, 3.63) is 105 Å². The topological polar surface area (TPSA) is 100 Å². The van der Waals surface area contributed by atoms with Crippen LogP contribution in [0.5, 0.6) is 17.2 Å². The Morgan fingerprint density at radius 1 is 0.927 bits per heavy atom. The third-order valence-electron chi connectivity index (χ3n) is 6.55. The fourth-order valence-corrected chi connectivity index (χ4v) is 4.89. The molecule has 0 aliphatic rings. The van der Waals surface area contributed by atoms with Gasteiger partial charge in [0.05, 0.1) is 22.9 Å². The molecule has 4 aromatic carbocycles. The maximum absolute atomic E-state index is 11.7. The molecule has 4 aromatic rings. The van der Waals surface area contributed by atoms with Crippen molar-refractivity contribution in [3.63, 3.8) is 0 Å². The highest BCUT2D eigenvalue weighted by Gasteiger charge is 2.14. The molecule has 0 amide bonds. The predicted molar refractivity (Wildman–Crippen MR) is 167 cm³/mol. The van der Waals surface area contributed by atoms with Gasteiger partial charge in [-0.1, -0.05) is 63.9 Å². The number of nitrogens with zero attached hydrogens (tertiary/aromatic N) is 1. The molecule has 0 radical (unpaired) electrons. The van der Waals surface area contributed by atoms with Crippen molar-refractivity contribution in [1.29, 1.82) is 0 Å². The molecule has 0 saturated carbocycles. The Kier molecular flexibility index (Phi) is 10.8. The first kappa shape index (κ1) is 30.1. The fraction of sp³-hybridized carbons (Fsp3) is 0.219. The molecule has 0 atom stereocenters. The van der Waals surface area contributed by atoms with Gasteiger partial charge in [0.2, 0.25) is 0 Å².